The second-order valence-electron chi connectivity index (χ2n) is 6.54. The summed E-state index contributed by atoms with van der Waals surface area (Å²) in [6.45, 7) is 3.71. The van der Waals surface area contributed by atoms with E-state index < -0.39 is 0 Å². The maximum Gasteiger partial charge on any atom is 0.260 e. The summed E-state index contributed by atoms with van der Waals surface area (Å²) < 4.78 is 1.10. The number of carbonyl (C=O) groups excluding carboxylic acids is 1. The van der Waals surface area contributed by atoms with Gasteiger partial charge >= 0.3 is 0 Å². The lowest BCUT2D eigenvalue weighted by molar-refractivity contribution is 0.0986. The summed E-state index contributed by atoms with van der Waals surface area (Å²) in [6, 6.07) is 15.9. The molecule has 1 amide bonds. The van der Waals surface area contributed by atoms with Gasteiger partial charge < -0.3 is 4.90 Å². The Hall–Kier alpha value is -1.60. The normalized spacial score (nSPS) is 10.9. The number of aromatic nitrogens is 1. The largest absolute Gasteiger partial charge is 0.309 e. The number of fused-ring (bicyclic) bond motifs is 1. The van der Waals surface area contributed by atoms with Crippen molar-refractivity contribution in [2.24, 2.45) is 0 Å². The van der Waals surface area contributed by atoms with Gasteiger partial charge in [0.05, 0.1) is 10.2 Å². The molecule has 0 unspecified atom stereocenters. The monoisotopic (exact) mass is 435 g/mol. The van der Waals surface area contributed by atoms with E-state index in [0.717, 1.165) is 34.1 Å². The Balaban J connectivity index is 0.00000280. The van der Waals surface area contributed by atoms with Gasteiger partial charge in [0.15, 0.2) is 5.13 Å². The Morgan fingerprint density at radius 2 is 1.79 bits per heavy atom. The number of rotatable bonds is 8. The van der Waals surface area contributed by atoms with E-state index in [-0.39, 0.29) is 18.3 Å². The SMILES string of the molecule is CCSc1ccc(C(=O)N(CCCN(C)C)c2nc3ccccc3s2)cc1.Cl. The molecule has 0 spiro atoms. The van der Waals surface area contributed by atoms with Gasteiger partial charge in [-0.25, -0.2) is 4.98 Å². The number of thioether (sulfide) groups is 1. The third kappa shape index (κ3) is 5.70. The van der Waals surface area contributed by atoms with Crippen molar-refractivity contribution >= 4 is 56.8 Å². The summed E-state index contributed by atoms with van der Waals surface area (Å²) >= 11 is 3.35. The first-order valence-electron chi connectivity index (χ1n) is 9.13. The zero-order chi connectivity index (χ0) is 19.2. The number of nitrogens with zero attached hydrogens (tertiary/aromatic N) is 3. The number of halogens is 1. The molecule has 0 aliphatic heterocycles. The van der Waals surface area contributed by atoms with E-state index in [9.17, 15) is 4.79 Å². The Morgan fingerprint density at radius 3 is 2.43 bits per heavy atom. The van der Waals surface area contributed by atoms with E-state index in [1.54, 1.807) is 23.1 Å². The molecule has 28 heavy (non-hydrogen) atoms. The van der Waals surface area contributed by atoms with Gasteiger partial charge in [0.1, 0.15) is 0 Å². The fraction of sp³-hybridized carbons (Fsp3) is 0.333. The van der Waals surface area contributed by atoms with E-state index in [1.165, 1.54) is 4.90 Å². The summed E-state index contributed by atoms with van der Waals surface area (Å²) in [5.74, 6) is 1.04. The number of thiazole rings is 1. The fourth-order valence-corrected chi connectivity index (χ4v) is 4.47. The molecule has 2 aromatic carbocycles. The van der Waals surface area contributed by atoms with Crippen LogP contribution in [-0.4, -0.2) is 48.7 Å². The van der Waals surface area contributed by atoms with Gasteiger partial charge in [-0.05, 0) is 69.2 Å². The van der Waals surface area contributed by atoms with Gasteiger partial charge in [-0.15, -0.1) is 24.2 Å². The van der Waals surface area contributed by atoms with Crippen LogP contribution in [0.4, 0.5) is 5.13 Å². The van der Waals surface area contributed by atoms with Crippen molar-refractivity contribution in [3.63, 3.8) is 0 Å². The quantitative estimate of drug-likeness (QED) is 0.442. The molecule has 0 aliphatic carbocycles. The molecule has 0 aliphatic rings. The molecule has 7 heteroatoms. The highest BCUT2D eigenvalue weighted by atomic mass is 35.5. The standard InChI is InChI=1S/C21H25N3OS2.ClH/c1-4-26-17-12-10-16(11-13-17)20(25)24(15-7-14-23(2)3)21-22-18-8-5-6-9-19(18)27-21;/h5-6,8-13H,4,7,14-15H2,1-3H3;1H. The molecule has 3 aromatic rings. The molecule has 0 atom stereocenters. The molecular weight excluding hydrogens is 410 g/mol. The Labute approximate surface area is 181 Å². The lowest BCUT2D eigenvalue weighted by Gasteiger charge is -2.21. The predicted molar refractivity (Wildman–Crippen MR) is 125 cm³/mol. The maximum absolute atomic E-state index is 13.2. The molecule has 1 heterocycles. The number of benzene rings is 2. The predicted octanol–water partition coefficient (Wildman–Crippen LogP) is 5.43. The molecule has 0 radical (unpaired) electrons. The van der Waals surface area contributed by atoms with E-state index in [0.29, 0.717) is 12.1 Å². The number of para-hydroxylation sites is 1. The van der Waals surface area contributed by atoms with Gasteiger partial charge in [-0.1, -0.05) is 30.4 Å². The molecule has 0 bridgehead atoms. The first-order valence-corrected chi connectivity index (χ1v) is 10.9. The van der Waals surface area contributed by atoms with Crippen LogP contribution in [-0.2, 0) is 0 Å². The molecule has 3 rings (SSSR count). The summed E-state index contributed by atoms with van der Waals surface area (Å²) in [4.78, 5) is 23.1. The molecule has 1 aromatic heterocycles. The van der Waals surface area contributed by atoms with E-state index in [2.05, 4.69) is 17.9 Å². The zero-order valence-corrected chi connectivity index (χ0v) is 18.9. The summed E-state index contributed by atoms with van der Waals surface area (Å²) in [6.07, 6.45) is 0.901. The van der Waals surface area contributed by atoms with Gasteiger partial charge in [0.2, 0.25) is 0 Å². The number of hydrogen-bond donors (Lipinski definition) is 0. The molecular formula is C21H26ClN3OS2. The molecule has 150 valence electrons. The van der Waals surface area contributed by atoms with E-state index in [1.807, 2.05) is 61.5 Å². The van der Waals surface area contributed by atoms with Crippen LogP contribution >= 0.6 is 35.5 Å². The summed E-state index contributed by atoms with van der Waals surface area (Å²) in [5, 5.41) is 0.770. The minimum Gasteiger partial charge on any atom is -0.309 e. The minimum atomic E-state index is 0. The minimum absolute atomic E-state index is 0. The highest BCUT2D eigenvalue weighted by Gasteiger charge is 2.21. The van der Waals surface area contributed by atoms with Gasteiger partial charge in [0, 0.05) is 17.0 Å². The first-order chi connectivity index (χ1) is 13.1. The van der Waals surface area contributed by atoms with Crippen LogP contribution in [0.3, 0.4) is 0 Å². The van der Waals surface area contributed by atoms with Crippen LogP contribution in [0.5, 0.6) is 0 Å². The molecule has 0 N–H and O–H groups in total. The van der Waals surface area contributed by atoms with Crippen molar-refractivity contribution in [2.75, 3.05) is 37.8 Å². The van der Waals surface area contributed by atoms with Gasteiger partial charge in [-0.3, -0.25) is 9.69 Å². The number of anilines is 1. The van der Waals surface area contributed by atoms with Crippen molar-refractivity contribution < 1.29 is 4.79 Å². The second-order valence-corrected chi connectivity index (χ2v) is 8.88. The molecule has 0 saturated heterocycles. The third-order valence-corrected chi connectivity index (χ3v) is 6.11. The lowest BCUT2D eigenvalue weighted by Crippen LogP contribution is -2.33. The average molecular weight is 436 g/mol. The molecule has 0 fully saturated rings. The van der Waals surface area contributed by atoms with Crippen LogP contribution < -0.4 is 4.90 Å². The number of carbonyl (C=O) groups is 1. The Morgan fingerprint density at radius 1 is 1.07 bits per heavy atom. The van der Waals surface area contributed by atoms with E-state index >= 15 is 0 Å². The Kier molecular flexibility index (Phi) is 8.76. The van der Waals surface area contributed by atoms with Crippen molar-refractivity contribution in [2.45, 2.75) is 18.2 Å². The maximum atomic E-state index is 13.2. The fourth-order valence-electron chi connectivity index (χ4n) is 2.82. The van der Waals surface area contributed by atoms with Crippen molar-refractivity contribution in [1.82, 2.24) is 9.88 Å². The van der Waals surface area contributed by atoms with E-state index in [4.69, 9.17) is 4.98 Å². The average Bonchev–Trinajstić information content (AvgIpc) is 3.09. The van der Waals surface area contributed by atoms with Crippen molar-refractivity contribution in [3.05, 3.63) is 54.1 Å². The zero-order valence-electron chi connectivity index (χ0n) is 16.4. The molecule has 4 nitrogen and oxygen atoms in total. The van der Waals surface area contributed by atoms with Crippen LogP contribution in [0.25, 0.3) is 10.2 Å². The van der Waals surface area contributed by atoms with Crippen molar-refractivity contribution in [3.8, 4) is 0 Å². The Bertz CT molecular complexity index is 863. The second kappa shape index (κ2) is 10.8. The van der Waals surface area contributed by atoms with Crippen LogP contribution in [0.2, 0.25) is 0 Å². The van der Waals surface area contributed by atoms with Crippen LogP contribution in [0, 0.1) is 0 Å². The summed E-state index contributed by atoms with van der Waals surface area (Å²) in [7, 11) is 4.10. The van der Waals surface area contributed by atoms with Gasteiger partial charge in [-0.2, -0.15) is 0 Å². The topological polar surface area (TPSA) is 36.4 Å². The number of hydrogen-bond acceptors (Lipinski definition) is 5. The van der Waals surface area contributed by atoms with Crippen LogP contribution in [0.15, 0.2) is 53.4 Å². The highest BCUT2D eigenvalue weighted by molar-refractivity contribution is 7.99. The number of amides is 1. The third-order valence-electron chi connectivity index (χ3n) is 4.16. The van der Waals surface area contributed by atoms with Gasteiger partial charge in [0.25, 0.3) is 5.91 Å². The first kappa shape index (κ1) is 22.7. The van der Waals surface area contributed by atoms with Crippen molar-refractivity contribution in [1.29, 1.82) is 0 Å². The lowest BCUT2D eigenvalue weighted by atomic mass is 10.2. The van der Waals surface area contributed by atoms with Crippen LogP contribution in [0.1, 0.15) is 23.7 Å². The summed E-state index contributed by atoms with van der Waals surface area (Å²) in [5.41, 5.74) is 1.65. The molecule has 0 saturated carbocycles. The smallest absolute Gasteiger partial charge is 0.260 e. The highest BCUT2D eigenvalue weighted by Crippen LogP contribution is 2.30.